The van der Waals surface area contributed by atoms with Gasteiger partial charge in [-0.1, -0.05) is 48.2 Å². The Bertz CT molecular complexity index is 1000. The molecule has 2 aromatic carbocycles. The lowest BCUT2D eigenvalue weighted by atomic mass is 9.88. The van der Waals surface area contributed by atoms with Crippen LogP contribution in [0.4, 0.5) is 4.39 Å². The van der Waals surface area contributed by atoms with Gasteiger partial charge in [0.25, 0.3) is 0 Å². The summed E-state index contributed by atoms with van der Waals surface area (Å²) in [6.07, 6.45) is 3.09. The summed E-state index contributed by atoms with van der Waals surface area (Å²) in [4.78, 5) is 12.5. The van der Waals surface area contributed by atoms with Crippen LogP contribution in [-0.4, -0.2) is 26.4 Å². The van der Waals surface area contributed by atoms with Gasteiger partial charge in [-0.15, -0.1) is 10.2 Å². The molecule has 0 bridgehead atoms. The van der Waals surface area contributed by atoms with Gasteiger partial charge in [0.2, 0.25) is 5.91 Å². The molecule has 3 aromatic rings. The number of hydrogen-bond donors (Lipinski definition) is 1. The van der Waals surface area contributed by atoms with Gasteiger partial charge < -0.3 is 9.88 Å². The van der Waals surface area contributed by atoms with Crippen molar-refractivity contribution < 1.29 is 9.18 Å². The zero-order valence-electron chi connectivity index (χ0n) is 15.6. The number of carbonyl (C=O) groups is 1. The summed E-state index contributed by atoms with van der Waals surface area (Å²) < 4.78 is 15.7. The number of benzene rings is 2. The summed E-state index contributed by atoms with van der Waals surface area (Å²) in [5.41, 5.74) is 2.93. The highest BCUT2D eigenvalue weighted by Gasteiger charge is 2.22. The van der Waals surface area contributed by atoms with Gasteiger partial charge >= 0.3 is 0 Å². The minimum absolute atomic E-state index is 0.0397. The standard InChI is InChI=1S/C21H21FN4OS/c1-26-20(16-10-4-5-11-17(16)22)24-25-21(26)28-13-19(27)23-18-12-6-8-14-7-2-3-9-15(14)18/h2-5,7,9-11,18H,6,8,12-13H2,1H3,(H,23,27)/t18-/m1/s1. The van der Waals surface area contributed by atoms with Crippen molar-refractivity contribution in [3.05, 3.63) is 65.5 Å². The molecule has 1 atom stereocenters. The summed E-state index contributed by atoms with van der Waals surface area (Å²) in [5.74, 6) is 0.301. The molecule has 1 aliphatic rings. The molecule has 0 fully saturated rings. The van der Waals surface area contributed by atoms with Gasteiger partial charge in [0, 0.05) is 7.05 Å². The van der Waals surface area contributed by atoms with E-state index in [-0.39, 0.29) is 23.5 Å². The van der Waals surface area contributed by atoms with E-state index in [0.717, 1.165) is 19.3 Å². The minimum Gasteiger partial charge on any atom is -0.349 e. The third-order valence-electron chi connectivity index (χ3n) is 4.99. The topological polar surface area (TPSA) is 59.8 Å². The fourth-order valence-corrected chi connectivity index (χ4v) is 4.31. The Hall–Kier alpha value is -2.67. The molecule has 0 aliphatic heterocycles. The number of rotatable bonds is 5. The van der Waals surface area contributed by atoms with Gasteiger partial charge in [0.05, 0.1) is 17.4 Å². The van der Waals surface area contributed by atoms with Gasteiger partial charge in [-0.05, 0) is 42.5 Å². The fraction of sp³-hybridized carbons (Fsp3) is 0.286. The van der Waals surface area contributed by atoms with Crippen LogP contribution in [-0.2, 0) is 18.3 Å². The second-order valence-corrected chi connectivity index (χ2v) is 7.79. The molecule has 4 rings (SSSR count). The molecule has 0 unspecified atom stereocenters. The normalized spacial score (nSPS) is 15.9. The van der Waals surface area contributed by atoms with E-state index in [9.17, 15) is 9.18 Å². The molecule has 1 heterocycles. The van der Waals surface area contributed by atoms with Crippen LogP contribution in [0.3, 0.4) is 0 Å². The molecule has 1 aromatic heterocycles. The number of carbonyl (C=O) groups excluding carboxylic acids is 1. The van der Waals surface area contributed by atoms with E-state index < -0.39 is 0 Å². The zero-order chi connectivity index (χ0) is 19.5. The number of nitrogens with one attached hydrogen (secondary N) is 1. The second-order valence-electron chi connectivity index (χ2n) is 6.84. The fourth-order valence-electron chi connectivity index (χ4n) is 3.59. The molecule has 0 saturated heterocycles. The second kappa shape index (κ2) is 8.14. The summed E-state index contributed by atoms with van der Waals surface area (Å²) in [5, 5.41) is 11.9. The Morgan fingerprint density at radius 3 is 2.86 bits per heavy atom. The Morgan fingerprint density at radius 2 is 2.00 bits per heavy atom. The SMILES string of the molecule is Cn1c(SCC(=O)N[C@@H]2CCCc3ccccc32)nnc1-c1ccccc1F. The van der Waals surface area contributed by atoms with Gasteiger partial charge in [-0.2, -0.15) is 0 Å². The minimum atomic E-state index is -0.344. The van der Waals surface area contributed by atoms with Crippen molar-refractivity contribution in [1.82, 2.24) is 20.1 Å². The summed E-state index contributed by atoms with van der Waals surface area (Å²) in [6, 6.07) is 14.8. The quantitative estimate of drug-likeness (QED) is 0.665. The first-order chi connectivity index (χ1) is 13.6. The molecular formula is C21H21FN4OS. The number of amides is 1. The van der Waals surface area contributed by atoms with Crippen molar-refractivity contribution in [2.45, 2.75) is 30.5 Å². The van der Waals surface area contributed by atoms with Crippen LogP contribution in [0.5, 0.6) is 0 Å². The predicted octanol–water partition coefficient (Wildman–Crippen LogP) is 3.91. The highest BCUT2D eigenvalue weighted by atomic mass is 32.2. The molecule has 5 nitrogen and oxygen atoms in total. The number of fused-ring (bicyclic) bond motifs is 1. The van der Waals surface area contributed by atoms with E-state index in [1.807, 2.05) is 12.1 Å². The highest BCUT2D eigenvalue weighted by molar-refractivity contribution is 7.99. The molecule has 1 aliphatic carbocycles. The lowest BCUT2D eigenvalue weighted by molar-refractivity contribution is -0.119. The molecule has 144 valence electrons. The number of aromatic nitrogens is 3. The van der Waals surface area contributed by atoms with Crippen molar-refractivity contribution in [3.63, 3.8) is 0 Å². The van der Waals surface area contributed by atoms with Gasteiger partial charge in [-0.25, -0.2) is 4.39 Å². The van der Waals surface area contributed by atoms with Crippen LogP contribution < -0.4 is 5.32 Å². The van der Waals surface area contributed by atoms with Gasteiger partial charge in [0.15, 0.2) is 11.0 Å². The maximum Gasteiger partial charge on any atom is 0.230 e. The molecular weight excluding hydrogens is 375 g/mol. The number of thioether (sulfide) groups is 1. The zero-order valence-corrected chi connectivity index (χ0v) is 16.4. The maximum absolute atomic E-state index is 14.0. The third-order valence-corrected chi connectivity index (χ3v) is 6.01. The molecule has 1 N–H and O–H groups in total. The smallest absolute Gasteiger partial charge is 0.230 e. The van der Waals surface area contributed by atoms with Crippen molar-refractivity contribution in [3.8, 4) is 11.4 Å². The first kappa shape index (κ1) is 18.7. The summed E-state index contributed by atoms with van der Waals surface area (Å²) in [7, 11) is 1.78. The average molecular weight is 396 g/mol. The van der Waals surface area contributed by atoms with Gasteiger partial charge in [-0.3, -0.25) is 4.79 Å². The molecule has 0 saturated carbocycles. The van der Waals surface area contributed by atoms with Crippen LogP contribution in [0.2, 0.25) is 0 Å². The van der Waals surface area contributed by atoms with Gasteiger partial charge in [0.1, 0.15) is 5.82 Å². The first-order valence-corrected chi connectivity index (χ1v) is 10.3. The van der Waals surface area contributed by atoms with E-state index in [1.165, 1.54) is 29.0 Å². The third kappa shape index (κ3) is 3.80. The van der Waals surface area contributed by atoms with E-state index in [0.29, 0.717) is 16.5 Å². The Kier molecular flexibility index (Phi) is 5.43. The predicted molar refractivity (Wildman–Crippen MR) is 107 cm³/mol. The van der Waals surface area contributed by atoms with Crippen molar-refractivity contribution >= 4 is 17.7 Å². The van der Waals surface area contributed by atoms with Crippen molar-refractivity contribution in [1.29, 1.82) is 0 Å². The van der Waals surface area contributed by atoms with E-state index in [1.54, 1.807) is 29.8 Å². The lowest BCUT2D eigenvalue weighted by Gasteiger charge is -2.26. The van der Waals surface area contributed by atoms with Crippen LogP contribution in [0.15, 0.2) is 53.7 Å². The molecule has 28 heavy (non-hydrogen) atoms. The molecule has 7 heteroatoms. The number of hydrogen-bond acceptors (Lipinski definition) is 4. The molecule has 0 radical (unpaired) electrons. The van der Waals surface area contributed by atoms with Crippen LogP contribution in [0.25, 0.3) is 11.4 Å². The van der Waals surface area contributed by atoms with E-state index in [2.05, 4.69) is 27.6 Å². The average Bonchev–Trinajstić information content (AvgIpc) is 3.07. The Labute approximate surface area is 167 Å². The molecule has 1 amide bonds. The van der Waals surface area contributed by atoms with Crippen LogP contribution in [0, 0.1) is 5.82 Å². The Morgan fingerprint density at radius 1 is 1.21 bits per heavy atom. The monoisotopic (exact) mass is 396 g/mol. The maximum atomic E-state index is 14.0. The number of aryl methyl sites for hydroxylation is 1. The van der Waals surface area contributed by atoms with Crippen LogP contribution >= 0.6 is 11.8 Å². The van der Waals surface area contributed by atoms with Crippen molar-refractivity contribution in [2.24, 2.45) is 7.05 Å². The lowest BCUT2D eigenvalue weighted by Crippen LogP contribution is -2.32. The van der Waals surface area contributed by atoms with E-state index in [4.69, 9.17) is 0 Å². The number of halogens is 1. The van der Waals surface area contributed by atoms with E-state index >= 15 is 0 Å². The first-order valence-electron chi connectivity index (χ1n) is 9.27. The highest BCUT2D eigenvalue weighted by Crippen LogP contribution is 2.30. The number of nitrogens with zero attached hydrogens (tertiary/aromatic N) is 3. The van der Waals surface area contributed by atoms with Crippen molar-refractivity contribution in [2.75, 3.05) is 5.75 Å². The summed E-state index contributed by atoms with van der Waals surface area (Å²) >= 11 is 1.30. The Balaban J connectivity index is 1.41. The summed E-state index contributed by atoms with van der Waals surface area (Å²) in [6.45, 7) is 0. The van der Waals surface area contributed by atoms with Crippen LogP contribution in [0.1, 0.15) is 30.0 Å². The largest absolute Gasteiger partial charge is 0.349 e. The molecule has 0 spiro atoms.